The highest BCUT2D eigenvalue weighted by atomic mass is 32.2. The van der Waals surface area contributed by atoms with Crippen molar-refractivity contribution >= 4 is 32.4 Å². The number of carbonyl (C=O) groups excluding carboxylic acids is 1. The van der Waals surface area contributed by atoms with Crippen molar-refractivity contribution in [3.8, 4) is 11.1 Å². The van der Waals surface area contributed by atoms with Crippen LogP contribution in [0, 0.1) is 15.9 Å². The highest BCUT2D eigenvalue weighted by Gasteiger charge is 2.27. The fourth-order valence-electron chi connectivity index (χ4n) is 3.12. The summed E-state index contributed by atoms with van der Waals surface area (Å²) in [5.74, 6) is -0.334. The van der Waals surface area contributed by atoms with Gasteiger partial charge in [-0.15, -0.1) is 0 Å². The van der Waals surface area contributed by atoms with Crippen LogP contribution in [0.2, 0.25) is 0 Å². The summed E-state index contributed by atoms with van der Waals surface area (Å²) in [5, 5.41) is 9.67. The number of sulfone groups is 1. The van der Waals surface area contributed by atoms with Gasteiger partial charge in [0.25, 0.3) is 10.8 Å². The molecular formula is C24H15FN2O5S2. The van der Waals surface area contributed by atoms with Crippen molar-refractivity contribution in [2.75, 3.05) is 0 Å². The van der Waals surface area contributed by atoms with Crippen LogP contribution in [0.25, 0.3) is 11.1 Å². The highest BCUT2D eigenvalue weighted by Crippen LogP contribution is 2.35. The molecule has 1 heterocycles. The summed E-state index contributed by atoms with van der Waals surface area (Å²) in [6.45, 7) is 0. The maximum absolute atomic E-state index is 13.2. The van der Waals surface area contributed by atoms with Gasteiger partial charge in [0, 0.05) is 39.9 Å². The molecular weight excluding hydrogens is 479 g/mol. The van der Waals surface area contributed by atoms with E-state index in [4.69, 9.17) is 0 Å². The van der Waals surface area contributed by atoms with E-state index >= 15 is 0 Å². The molecule has 0 amide bonds. The van der Waals surface area contributed by atoms with Crippen LogP contribution in [-0.4, -0.2) is 23.4 Å². The van der Waals surface area contributed by atoms with E-state index in [1.54, 1.807) is 42.7 Å². The molecule has 0 aliphatic rings. The zero-order valence-electron chi connectivity index (χ0n) is 17.3. The number of carbonyl (C=O) groups is 1. The first-order valence-electron chi connectivity index (χ1n) is 9.77. The number of pyridine rings is 1. The zero-order chi connectivity index (χ0) is 24.3. The summed E-state index contributed by atoms with van der Waals surface area (Å²) in [6, 6.07) is 18.0. The van der Waals surface area contributed by atoms with Crippen molar-refractivity contribution in [2.24, 2.45) is 0 Å². The molecule has 3 aromatic carbocycles. The number of non-ortho nitro benzene ring substituents is 1. The second-order valence-electron chi connectivity index (χ2n) is 7.05. The molecule has 0 saturated carbocycles. The number of benzene rings is 3. The Bertz CT molecular complexity index is 1470. The molecule has 0 N–H and O–H groups in total. The second kappa shape index (κ2) is 9.54. The van der Waals surface area contributed by atoms with Crippen LogP contribution in [0.1, 0.15) is 10.4 Å². The zero-order valence-corrected chi connectivity index (χ0v) is 18.9. The molecule has 0 bridgehead atoms. The number of aromatic nitrogens is 1. The maximum atomic E-state index is 13.2. The fourth-order valence-corrected chi connectivity index (χ4v) is 5.21. The molecule has 0 aliphatic heterocycles. The lowest BCUT2D eigenvalue weighted by Gasteiger charge is -2.10. The molecule has 4 rings (SSSR count). The standard InChI is InChI=1S/C24H15FN2O5S2/c25-18-5-9-20(10-6-18)33-23-15-26-14-13-22(23)16-1-3-17(4-2-16)24(28)34(31,32)21-11-7-19(8-12-21)27(29)30/h1-15H. The summed E-state index contributed by atoms with van der Waals surface area (Å²) in [6.07, 6.45) is 3.28. The summed E-state index contributed by atoms with van der Waals surface area (Å²) < 4.78 is 38.6. The van der Waals surface area contributed by atoms with Gasteiger partial charge in [-0.1, -0.05) is 23.9 Å². The van der Waals surface area contributed by atoms with E-state index in [0.717, 1.165) is 45.2 Å². The normalized spacial score (nSPS) is 11.2. The van der Waals surface area contributed by atoms with Crippen LogP contribution < -0.4 is 0 Å². The third-order valence-electron chi connectivity index (χ3n) is 4.86. The Morgan fingerprint density at radius 3 is 2.18 bits per heavy atom. The quantitative estimate of drug-likeness (QED) is 0.255. The van der Waals surface area contributed by atoms with Crippen molar-refractivity contribution in [1.82, 2.24) is 4.98 Å². The van der Waals surface area contributed by atoms with E-state index in [0.29, 0.717) is 0 Å². The van der Waals surface area contributed by atoms with Gasteiger partial charge in [0.1, 0.15) is 5.82 Å². The van der Waals surface area contributed by atoms with Crippen LogP contribution in [0.15, 0.2) is 106 Å². The number of hydrogen-bond acceptors (Lipinski definition) is 7. The predicted molar refractivity (Wildman–Crippen MR) is 125 cm³/mol. The van der Waals surface area contributed by atoms with Gasteiger partial charge in [0.05, 0.1) is 9.82 Å². The molecule has 0 unspecified atom stereocenters. The number of rotatable bonds is 6. The molecule has 10 heteroatoms. The minimum atomic E-state index is -4.37. The molecule has 4 aromatic rings. The Morgan fingerprint density at radius 2 is 1.56 bits per heavy atom. The molecule has 0 radical (unpaired) electrons. The molecule has 7 nitrogen and oxygen atoms in total. The van der Waals surface area contributed by atoms with E-state index < -0.39 is 19.9 Å². The van der Waals surface area contributed by atoms with Crippen LogP contribution in [0.5, 0.6) is 0 Å². The number of nitrogens with zero attached hydrogens (tertiary/aromatic N) is 2. The molecule has 1 aromatic heterocycles. The van der Waals surface area contributed by atoms with Crippen molar-refractivity contribution in [2.45, 2.75) is 14.7 Å². The maximum Gasteiger partial charge on any atom is 0.281 e. The van der Waals surface area contributed by atoms with Crippen LogP contribution in [0.4, 0.5) is 10.1 Å². The van der Waals surface area contributed by atoms with E-state index in [1.165, 1.54) is 36.0 Å². The Hall–Kier alpha value is -3.89. The van der Waals surface area contributed by atoms with Gasteiger partial charge in [0.15, 0.2) is 0 Å². The van der Waals surface area contributed by atoms with Crippen molar-refractivity contribution in [1.29, 1.82) is 0 Å². The molecule has 0 spiro atoms. The van der Waals surface area contributed by atoms with E-state index in [1.807, 2.05) is 0 Å². The Labute approximate surface area is 198 Å². The minimum Gasteiger partial charge on any atom is -0.276 e. The van der Waals surface area contributed by atoms with Crippen LogP contribution in [0.3, 0.4) is 0 Å². The van der Waals surface area contributed by atoms with Gasteiger partial charge in [-0.3, -0.25) is 19.9 Å². The lowest BCUT2D eigenvalue weighted by Crippen LogP contribution is -2.15. The third kappa shape index (κ3) is 4.87. The average Bonchev–Trinajstić information content (AvgIpc) is 2.85. The lowest BCUT2D eigenvalue weighted by atomic mass is 10.1. The van der Waals surface area contributed by atoms with Crippen molar-refractivity contribution in [3.05, 3.63) is 113 Å². The fraction of sp³-hybridized carbons (Fsp3) is 0. The SMILES string of the molecule is O=C(c1ccc(-c2ccncc2Sc2ccc(F)cc2)cc1)S(=O)(=O)c1ccc([N+](=O)[O-])cc1. The molecule has 0 aliphatic carbocycles. The first-order valence-corrected chi connectivity index (χ1v) is 12.1. The highest BCUT2D eigenvalue weighted by molar-refractivity contribution is 8.06. The smallest absolute Gasteiger partial charge is 0.276 e. The monoisotopic (exact) mass is 494 g/mol. The van der Waals surface area contributed by atoms with Crippen LogP contribution >= 0.6 is 11.8 Å². The van der Waals surface area contributed by atoms with Crippen LogP contribution in [-0.2, 0) is 9.84 Å². The van der Waals surface area contributed by atoms with E-state index in [2.05, 4.69) is 4.98 Å². The summed E-state index contributed by atoms with van der Waals surface area (Å²) in [5.41, 5.74) is 1.23. The van der Waals surface area contributed by atoms with Gasteiger partial charge in [0.2, 0.25) is 9.84 Å². The van der Waals surface area contributed by atoms with Crippen molar-refractivity contribution in [3.63, 3.8) is 0 Å². The number of halogens is 1. The topological polar surface area (TPSA) is 107 Å². The van der Waals surface area contributed by atoms with Gasteiger partial charge < -0.3 is 0 Å². The second-order valence-corrected chi connectivity index (χ2v) is 10.0. The minimum absolute atomic E-state index is 0.0381. The molecule has 0 fully saturated rings. The predicted octanol–water partition coefficient (Wildman–Crippen LogP) is 5.56. The lowest BCUT2D eigenvalue weighted by molar-refractivity contribution is -0.384. The summed E-state index contributed by atoms with van der Waals surface area (Å²) in [4.78, 5) is 28.3. The summed E-state index contributed by atoms with van der Waals surface area (Å²) in [7, 11) is -4.37. The first kappa shape index (κ1) is 23.3. The third-order valence-corrected chi connectivity index (χ3v) is 7.53. The first-order chi connectivity index (χ1) is 16.3. The molecule has 0 atom stereocenters. The van der Waals surface area contributed by atoms with Crippen molar-refractivity contribution < 1.29 is 22.5 Å². The van der Waals surface area contributed by atoms with Gasteiger partial charge in [-0.2, -0.15) is 0 Å². The molecule has 34 heavy (non-hydrogen) atoms. The average molecular weight is 495 g/mol. The van der Waals surface area contributed by atoms with E-state index in [9.17, 15) is 27.7 Å². The Morgan fingerprint density at radius 1 is 0.912 bits per heavy atom. The molecule has 170 valence electrons. The van der Waals surface area contributed by atoms with E-state index in [-0.39, 0.29) is 22.0 Å². The molecule has 0 saturated heterocycles. The number of nitro benzene ring substituents is 1. The largest absolute Gasteiger partial charge is 0.281 e. The Kier molecular flexibility index (Phi) is 6.53. The number of nitro groups is 1. The van der Waals surface area contributed by atoms with Gasteiger partial charge in [-0.25, -0.2) is 12.8 Å². The Balaban J connectivity index is 1.59. The van der Waals surface area contributed by atoms with Gasteiger partial charge in [-0.05, 0) is 65.7 Å². The number of hydrogen-bond donors (Lipinski definition) is 0. The summed E-state index contributed by atoms with van der Waals surface area (Å²) >= 11 is 1.39. The van der Waals surface area contributed by atoms with Gasteiger partial charge >= 0.3 is 0 Å².